The zero-order chi connectivity index (χ0) is 15.4. The predicted molar refractivity (Wildman–Crippen MR) is 79.7 cm³/mol. The van der Waals surface area contributed by atoms with Crippen LogP contribution in [-0.2, 0) is 0 Å². The molecule has 0 bridgehead atoms. The van der Waals surface area contributed by atoms with Gasteiger partial charge in [-0.1, -0.05) is 13.3 Å². The van der Waals surface area contributed by atoms with E-state index in [9.17, 15) is 14.9 Å². The summed E-state index contributed by atoms with van der Waals surface area (Å²) in [6.07, 6.45) is 3.48. The maximum absolute atomic E-state index is 12.1. The lowest BCUT2D eigenvalue weighted by atomic mass is 10.1. The Balaban J connectivity index is 2.00. The van der Waals surface area contributed by atoms with Gasteiger partial charge in [0.25, 0.3) is 11.6 Å². The van der Waals surface area contributed by atoms with E-state index in [-0.39, 0.29) is 17.3 Å². The summed E-state index contributed by atoms with van der Waals surface area (Å²) in [4.78, 5) is 22.3. The molecule has 4 N–H and O–H groups in total. The second kappa shape index (κ2) is 6.53. The minimum Gasteiger partial charge on any atom is -0.352 e. The van der Waals surface area contributed by atoms with Crippen LogP contribution in [0, 0.1) is 22.0 Å². The molecule has 114 valence electrons. The Morgan fingerprint density at radius 2 is 2.24 bits per heavy atom. The van der Waals surface area contributed by atoms with Gasteiger partial charge in [0.2, 0.25) is 0 Å². The summed E-state index contributed by atoms with van der Waals surface area (Å²) in [5.41, 5.74) is 2.59. The Labute approximate surface area is 123 Å². The molecule has 1 amide bonds. The average molecular weight is 292 g/mol. The number of carbonyl (C=O) groups excluding carboxylic acids is 1. The van der Waals surface area contributed by atoms with Gasteiger partial charge in [0.1, 0.15) is 5.69 Å². The fourth-order valence-corrected chi connectivity index (χ4v) is 2.80. The number of hydrogen-bond acceptors (Lipinski definition) is 5. The molecule has 0 spiro atoms. The van der Waals surface area contributed by atoms with Crippen LogP contribution < -0.4 is 16.6 Å². The number of nitrogen functional groups attached to an aromatic ring is 1. The Bertz CT molecular complexity index is 547. The number of nitrogens with two attached hydrogens (primary N) is 1. The number of nitro groups is 1. The largest absolute Gasteiger partial charge is 0.352 e. The monoisotopic (exact) mass is 292 g/mol. The van der Waals surface area contributed by atoms with Crippen molar-refractivity contribution in [3.05, 3.63) is 33.9 Å². The van der Waals surface area contributed by atoms with E-state index in [1.54, 1.807) is 0 Å². The van der Waals surface area contributed by atoms with Crippen molar-refractivity contribution in [3.8, 4) is 0 Å². The lowest BCUT2D eigenvalue weighted by molar-refractivity contribution is -0.384. The average Bonchev–Trinajstić information content (AvgIpc) is 2.89. The summed E-state index contributed by atoms with van der Waals surface area (Å²) >= 11 is 0. The third-order valence-corrected chi connectivity index (χ3v) is 3.97. The van der Waals surface area contributed by atoms with Gasteiger partial charge in [-0.3, -0.25) is 20.8 Å². The first kappa shape index (κ1) is 15.2. The molecule has 2 rings (SSSR count). The number of amides is 1. The van der Waals surface area contributed by atoms with Gasteiger partial charge < -0.3 is 10.7 Å². The number of nitro benzene ring substituents is 1. The Hall–Kier alpha value is -2.15. The van der Waals surface area contributed by atoms with E-state index >= 15 is 0 Å². The highest BCUT2D eigenvalue weighted by Gasteiger charge is 2.22. The first-order chi connectivity index (χ1) is 10.0. The molecule has 0 saturated heterocycles. The number of nitrogens with zero attached hydrogens (tertiary/aromatic N) is 1. The van der Waals surface area contributed by atoms with Gasteiger partial charge in [-0.05, 0) is 36.8 Å². The molecule has 7 nitrogen and oxygen atoms in total. The number of benzene rings is 1. The molecule has 0 aliphatic heterocycles. The molecule has 1 fully saturated rings. The third-order valence-electron chi connectivity index (χ3n) is 3.97. The highest BCUT2D eigenvalue weighted by atomic mass is 16.6. The summed E-state index contributed by atoms with van der Waals surface area (Å²) in [6.45, 7) is 2.86. The van der Waals surface area contributed by atoms with E-state index < -0.39 is 4.92 Å². The van der Waals surface area contributed by atoms with Crippen molar-refractivity contribution in [2.75, 3.05) is 12.0 Å². The van der Waals surface area contributed by atoms with E-state index in [1.165, 1.54) is 24.6 Å². The second-order valence-corrected chi connectivity index (χ2v) is 5.63. The highest BCUT2D eigenvalue weighted by molar-refractivity contribution is 5.95. The first-order valence-electron chi connectivity index (χ1n) is 7.04. The molecule has 1 aliphatic rings. The van der Waals surface area contributed by atoms with Crippen molar-refractivity contribution in [2.45, 2.75) is 26.2 Å². The normalized spacial score (nSPS) is 21.0. The maximum atomic E-state index is 12.1. The van der Waals surface area contributed by atoms with E-state index in [0.29, 0.717) is 18.0 Å². The van der Waals surface area contributed by atoms with E-state index in [1.807, 2.05) is 0 Å². The van der Waals surface area contributed by atoms with Crippen LogP contribution in [0.1, 0.15) is 36.5 Å². The van der Waals surface area contributed by atoms with Crippen molar-refractivity contribution >= 4 is 17.3 Å². The Morgan fingerprint density at radius 1 is 1.48 bits per heavy atom. The van der Waals surface area contributed by atoms with Gasteiger partial charge in [-0.25, -0.2) is 0 Å². The van der Waals surface area contributed by atoms with Crippen LogP contribution >= 0.6 is 0 Å². The summed E-state index contributed by atoms with van der Waals surface area (Å²) < 4.78 is 0. The van der Waals surface area contributed by atoms with Crippen LogP contribution in [0.25, 0.3) is 0 Å². The number of hydrogen-bond donors (Lipinski definition) is 3. The molecule has 7 heteroatoms. The molecule has 1 aromatic rings. The molecule has 1 aromatic carbocycles. The molecule has 0 aromatic heterocycles. The lowest BCUT2D eigenvalue weighted by Gasteiger charge is -2.11. The molecule has 0 heterocycles. The number of hydrazine groups is 1. The summed E-state index contributed by atoms with van der Waals surface area (Å²) in [7, 11) is 0. The molecule has 0 radical (unpaired) electrons. The van der Waals surface area contributed by atoms with Crippen LogP contribution in [0.3, 0.4) is 0 Å². The van der Waals surface area contributed by atoms with Crippen LogP contribution in [-0.4, -0.2) is 17.4 Å². The molecule has 2 unspecified atom stereocenters. The van der Waals surface area contributed by atoms with E-state index in [4.69, 9.17) is 5.84 Å². The predicted octanol–water partition coefficient (Wildman–Crippen LogP) is 2.05. The van der Waals surface area contributed by atoms with Gasteiger partial charge in [0.15, 0.2) is 0 Å². The topological polar surface area (TPSA) is 110 Å². The minimum absolute atomic E-state index is 0.127. The van der Waals surface area contributed by atoms with Gasteiger partial charge >= 0.3 is 0 Å². The summed E-state index contributed by atoms with van der Waals surface area (Å²) in [6, 6.07) is 4.11. The van der Waals surface area contributed by atoms with Crippen LogP contribution in [0.4, 0.5) is 11.4 Å². The summed E-state index contributed by atoms with van der Waals surface area (Å²) in [5.74, 6) is 6.27. The van der Waals surface area contributed by atoms with Crippen molar-refractivity contribution in [1.82, 2.24) is 5.32 Å². The number of rotatable bonds is 5. The van der Waals surface area contributed by atoms with Gasteiger partial charge in [-0.15, -0.1) is 0 Å². The standard InChI is InChI=1S/C14H20N4O3/c1-9-2-3-10(6-9)8-16-14(19)11-4-5-13(18(20)21)12(7-11)17-15/h4-5,7,9-10,17H,2-3,6,8,15H2,1H3,(H,16,19). The van der Waals surface area contributed by atoms with Crippen molar-refractivity contribution in [2.24, 2.45) is 17.7 Å². The van der Waals surface area contributed by atoms with Crippen LogP contribution in [0.15, 0.2) is 18.2 Å². The smallest absolute Gasteiger partial charge is 0.293 e. The van der Waals surface area contributed by atoms with Crippen molar-refractivity contribution in [3.63, 3.8) is 0 Å². The quantitative estimate of drug-likeness (QED) is 0.437. The summed E-state index contributed by atoms with van der Waals surface area (Å²) in [5, 5.41) is 13.7. The Kier molecular flexibility index (Phi) is 4.74. The molecular weight excluding hydrogens is 272 g/mol. The molecule has 1 aliphatic carbocycles. The van der Waals surface area contributed by atoms with Crippen LogP contribution in [0.5, 0.6) is 0 Å². The highest BCUT2D eigenvalue weighted by Crippen LogP contribution is 2.29. The zero-order valence-electron chi connectivity index (χ0n) is 12.0. The van der Waals surface area contributed by atoms with Crippen LogP contribution in [0.2, 0.25) is 0 Å². The minimum atomic E-state index is -0.545. The molecule has 21 heavy (non-hydrogen) atoms. The van der Waals surface area contributed by atoms with Crippen molar-refractivity contribution < 1.29 is 9.72 Å². The number of anilines is 1. The molecule has 2 atom stereocenters. The molecule has 1 saturated carbocycles. The van der Waals surface area contributed by atoms with Gasteiger partial charge in [0.05, 0.1) is 4.92 Å². The van der Waals surface area contributed by atoms with Gasteiger partial charge in [0, 0.05) is 18.2 Å². The van der Waals surface area contributed by atoms with E-state index in [2.05, 4.69) is 17.7 Å². The second-order valence-electron chi connectivity index (χ2n) is 5.63. The van der Waals surface area contributed by atoms with E-state index in [0.717, 1.165) is 18.8 Å². The SMILES string of the molecule is CC1CCC(CNC(=O)c2ccc([N+](=O)[O-])c(NN)c2)C1. The van der Waals surface area contributed by atoms with Crippen molar-refractivity contribution in [1.29, 1.82) is 0 Å². The lowest BCUT2D eigenvalue weighted by Crippen LogP contribution is -2.28. The number of nitrogens with one attached hydrogen (secondary N) is 2. The molecular formula is C14H20N4O3. The fraction of sp³-hybridized carbons (Fsp3) is 0.500. The third kappa shape index (κ3) is 3.69. The van der Waals surface area contributed by atoms with Gasteiger partial charge in [-0.2, -0.15) is 0 Å². The Morgan fingerprint density at radius 3 is 2.81 bits per heavy atom. The maximum Gasteiger partial charge on any atom is 0.293 e. The fourth-order valence-electron chi connectivity index (χ4n) is 2.80. The zero-order valence-corrected chi connectivity index (χ0v) is 12.0. The number of carbonyl (C=O) groups is 1. The first-order valence-corrected chi connectivity index (χ1v) is 7.04.